The molecule has 3 aromatic rings. The molecule has 2 aromatic carbocycles. The first-order valence-corrected chi connectivity index (χ1v) is 9.55. The largest absolute Gasteiger partial charge is 0.440 e. The summed E-state index contributed by atoms with van der Waals surface area (Å²) >= 11 is 7.38. The fourth-order valence-electron chi connectivity index (χ4n) is 3.00. The van der Waals surface area contributed by atoms with Gasteiger partial charge in [0.25, 0.3) is 0 Å². The summed E-state index contributed by atoms with van der Waals surface area (Å²) in [6, 6.07) is 17.5. The van der Waals surface area contributed by atoms with Crippen molar-refractivity contribution in [3.8, 4) is 17.6 Å². The quantitative estimate of drug-likeness (QED) is 0.495. The Bertz CT molecular complexity index is 1120. The van der Waals surface area contributed by atoms with E-state index in [1.807, 2.05) is 17.5 Å². The standard InChI is InChI=1S/C21H13ClN2O3S/c22-13-5-3-12(4-6-13)21(25)26-14-7-8-15-17(10-14)27-20(24)16(11-23)19(15)18-2-1-9-28-18/h1-10,19H,24H2. The molecule has 2 N–H and O–H groups in total. The van der Waals surface area contributed by atoms with Crippen LogP contribution in [-0.4, -0.2) is 5.97 Å². The molecule has 0 saturated heterocycles. The number of thiophene rings is 1. The summed E-state index contributed by atoms with van der Waals surface area (Å²) in [6.07, 6.45) is 0. The van der Waals surface area contributed by atoms with Gasteiger partial charge in [-0.05, 0) is 41.8 Å². The zero-order chi connectivity index (χ0) is 19.7. The zero-order valence-corrected chi connectivity index (χ0v) is 16.0. The van der Waals surface area contributed by atoms with Crippen molar-refractivity contribution in [3.63, 3.8) is 0 Å². The monoisotopic (exact) mass is 408 g/mol. The van der Waals surface area contributed by atoms with Gasteiger partial charge in [0.05, 0.1) is 11.5 Å². The first-order chi connectivity index (χ1) is 13.6. The van der Waals surface area contributed by atoms with E-state index in [1.54, 1.807) is 42.5 Å². The van der Waals surface area contributed by atoms with Crippen LogP contribution in [0.1, 0.15) is 26.7 Å². The summed E-state index contributed by atoms with van der Waals surface area (Å²) in [5.41, 5.74) is 7.51. The Morgan fingerprint density at radius 2 is 2.00 bits per heavy atom. The Morgan fingerprint density at radius 1 is 1.21 bits per heavy atom. The van der Waals surface area contributed by atoms with Crippen LogP contribution in [-0.2, 0) is 0 Å². The number of allylic oxidation sites excluding steroid dienone is 1. The van der Waals surface area contributed by atoms with Gasteiger partial charge in [-0.2, -0.15) is 5.26 Å². The van der Waals surface area contributed by atoms with Crippen molar-refractivity contribution >= 4 is 28.9 Å². The third kappa shape index (κ3) is 3.33. The number of carbonyl (C=O) groups is 1. The SMILES string of the molecule is N#CC1=C(N)Oc2cc(OC(=O)c3ccc(Cl)cc3)ccc2C1c1cccs1. The molecule has 0 amide bonds. The van der Waals surface area contributed by atoms with Crippen LogP contribution in [0.2, 0.25) is 5.02 Å². The fraction of sp³-hybridized carbons (Fsp3) is 0.0476. The van der Waals surface area contributed by atoms with Gasteiger partial charge in [-0.15, -0.1) is 11.3 Å². The van der Waals surface area contributed by atoms with Crippen LogP contribution in [0.25, 0.3) is 0 Å². The summed E-state index contributed by atoms with van der Waals surface area (Å²) in [7, 11) is 0. The molecule has 5 nitrogen and oxygen atoms in total. The van der Waals surface area contributed by atoms with Gasteiger partial charge in [-0.3, -0.25) is 0 Å². The molecular formula is C21H13ClN2O3S. The fourth-order valence-corrected chi connectivity index (χ4v) is 3.98. The van der Waals surface area contributed by atoms with Gasteiger partial charge in [0.15, 0.2) is 0 Å². The van der Waals surface area contributed by atoms with Crippen molar-refractivity contribution in [3.05, 3.63) is 92.5 Å². The molecule has 0 radical (unpaired) electrons. The predicted octanol–water partition coefficient (Wildman–Crippen LogP) is 4.84. The number of fused-ring (bicyclic) bond motifs is 1. The highest BCUT2D eigenvalue weighted by atomic mass is 35.5. The van der Waals surface area contributed by atoms with E-state index in [0.29, 0.717) is 27.7 Å². The number of nitrogens with two attached hydrogens (primary N) is 1. The van der Waals surface area contributed by atoms with Gasteiger partial charge in [0, 0.05) is 21.5 Å². The van der Waals surface area contributed by atoms with E-state index in [1.165, 1.54) is 11.3 Å². The van der Waals surface area contributed by atoms with Crippen LogP contribution < -0.4 is 15.2 Å². The molecule has 1 unspecified atom stereocenters. The highest BCUT2D eigenvalue weighted by Gasteiger charge is 2.31. The molecule has 7 heteroatoms. The normalized spacial score (nSPS) is 15.4. The number of ether oxygens (including phenoxy) is 2. The van der Waals surface area contributed by atoms with Crippen molar-refractivity contribution < 1.29 is 14.3 Å². The van der Waals surface area contributed by atoms with Crippen LogP contribution in [0.15, 0.2) is 71.4 Å². The lowest BCUT2D eigenvalue weighted by Gasteiger charge is -2.25. The Labute approximate surface area is 170 Å². The topological polar surface area (TPSA) is 85.3 Å². The van der Waals surface area contributed by atoms with Gasteiger partial charge in [0.1, 0.15) is 23.1 Å². The summed E-state index contributed by atoms with van der Waals surface area (Å²) in [4.78, 5) is 13.3. The second kappa shape index (κ2) is 7.39. The number of hydrogen-bond donors (Lipinski definition) is 1. The van der Waals surface area contributed by atoms with Crippen LogP contribution in [0.5, 0.6) is 11.5 Å². The first kappa shape index (κ1) is 18.1. The molecule has 2 heterocycles. The molecular weight excluding hydrogens is 396 g/mol. The molecule has 1 atom stereocenters. The van der Waals surface area contributed by atoms with Crippen molar-refractivity contribution in [1.82, 2.24) is 0 Å². The van der Waals surface area contributed by atoms with E-state index in [0.717, 1.165) is 10.4 Å². The molecule has 1 aliphatic heterocycles. The highest BCUT2D eigenvalue weighted by Crippen LogP contribution is 2.44. The van der Waals surface area contributed by atoms with E-state index in [4.69, 9.17) is 26.8 Å². The van der Waals surface area contributed by atoms with Crippen molar-refractivity contribution in [2.24, 2.45) is 5.73 Å². The lowest BCUT2D eigenvalue weighted by Crippen LogP contribution is -2.20. The predicted molar refractivity (Wildman–Crippen MR) is 106 cm³/mol. The van der Waals surface area contributed by atoms with Gasteiger partial charge in [-0.1, -0.05) is 23.7 Å². The first-order valence-electron chi connectivity index (χ1n) is 8.29. The van der Waals surface area contributed by atoms with Gasteiger partial charge < -0.3 is 15.2 Å². The summed E-state index contributed by atoms with van der Waals surface area (Å²) < 4.78 is 11.1. The number of nitriles is 1. The summed E-state index contributed by atoms with van der Waals surface area (Å²) in [6.45, 7) is 0. The maximum atomic E-state index is 12.3. The Hall–Kier alpha value is -3.27. The number of halogens is 1. The van der Waals surface area contributed by atoms with Crippen LogP contribution in [0.4, 0.5) is 0 Å². The van der Waals surface area contributed by atoms with Crippen molar-refractivity contribution in [2.75, 3.05) is 0 Å². The van der Waals surface area contributed by atoms with Gasteiger partial charge in [-0.25, -0.2) is 4.79 Å². The lowest BCUT2D eigenvalue weighted by molar-refractivity contribution is 0.0734. The maximum Gasteiger partial charge on any atom is 0.343 e. The molecule has 138 valence electrons. The third-order valence-corrected chi connectivity index (χ3v) is 5.50. The molecule has 1 aliphatic rings. The van der Waals surface area contributed by atoms with E-state index in [9.17, 15) is 10.1 Å². The van der Waals surface area contributed by atoms with E-state index in [2.05, 4.69) is 6.07 Å². The second-order valence-electron chi connectivity index (χ2n) is 6.04. The Kier molecular flexibility index (Phi) is 4.78. The molecule has 0 saturated carbocycles. The highest BCUT2D eigenvalue weighted by molar-refractivity contribution is 7.10. The minimum absolute atomic E-state index is 0.0505. The Morgan fingerprint density at radius 3 is 2.68 bits per heavy atom. The minimum Gasteiger partial charge on any atom is -0.440 e. The number of nitrogens with zero attached hydrogens (tertiary/aromatic N) is 1. The molecule has 1 aromatic heterocycles. The number of carbonyl (C=O) groups excluding carboxylic acids is 1. The Balaban J connectivity index is 1.66. The smallest absolute Gasteiger partial charge is 0.343 e. The van der Waals surface area contributed by atoms with Gasteiger partial charge in [0.2, 0.25) is 5.88 Å². The third-order valence-electron chi connectivity index (χ3n) is 4.31. The maximum absolute atomic E-state index is 12.3. The van der Waals surface area contributed by atoms with E-state index < -0.39 is 5.97 Å². The minimum atomic E-state index is -0.511. The molecule has 28 heavy (non-hydrogen) atoms. The molecule has 0 fully saturated rings. The van der Waals surface area contributed by atoms with Crippen molar-refractivity contribution in [2.45, 2.75) is 5.92 Å². The zero-order valence-electron chi connectivity index (χ0n) is 14.4. The van der Waals surface area contributed by atoms with E-state index >= 15 is 0 Å². The number of benzene rings is 2. The molecule has 0 bridgehead atoms. The average Bonchev–Trinajstić information content (AvgIpc) is 3.21. The number of esters is 1. The van der Waals surface area contributed by atoms with E-state index in [-0.39, 0.29) is 11.8 Å². The number of rotatable bonds is 3. The summed E-state index contributed by atoms with van der Waals surface area (Å²) in [5.74, 6) is 0.000878. The second-order valence-corrected chi connectivity index (χ2v) is 7.45. The lowest BCUT2D eigenvalue weighted by atomic mass is 9.88. The molecule has 4 rings (SSSR count). The van der Waals surface area contributed by atoms with Crippen LogP contribution >= 0.6 is 22.9 Å². The number of hydrogen-bond acceptors (Lipinski definition) is 6. The average molecular weight is 409 g/mol. The van der Waals surface area contributed by atoms with Crippen LogP contribution in [0, 0.1) is 11.3 Å². The van der Waals surface area contributed by atoms with Crippen molar-refractivity contribution in [1.29, 1.82) is 5.26 Å². The molecule has 0 aliphatic carbocycles. The van der Waals surface area contributed by atoms with Crippen LogP contribution in [0.3, 0.4) is 0 Å². The molecule has 0 spiro atoms. The summed E-state index contributed by atoms with van der Waals surface area (Å²) in [5, 5.41) is 12.0. The van der Waals surface area contributed by atoms with Gasteiger partial charge >= 0.3 is 5.97 Å².